The Balaban J connectivity index is 2.40. The number of esters is 2. The first-order valence-electron chi connectivity index (χ1n) is 10.2. The first kappa shape index (κ1) is 24.4. The van der Waals surface area contributed by atoms with E-state index in [-0.39, 0.29) is 33.9 Å². The minimum absolute atomic E-state index is 0.0444. The number of hydrogen-bond donors (Lipinski definition) is 1. The molecule has 0 saturated heterocycles. The van der Waals surface area contributed by atoms with E-state index in [9.17, 15) is 18.0 Å². The molecule has 0 amide bonds. The Morgan fingerprint density at radius 2 is 1.35 bits per heavy atom. The monoisotopic (exact) mass is 447 g/mol. The number of anilines is 1. The van der Waals surface area contributed by atoms with Crippen molar-refractivity contribution in [2.75, 3.05) is 4.72 Å². The first-order chi connectivity index (χ1) is 14.5. The lowest BCUT2D eigenvalue weighted by molar-refractivity contribution is 0.0377. The van der Waals surface area contributed by atoms with Gasteiger partial charge >= 0.3 is 11.9 Å². The summed E-state index contributed by atoms with van der Waals surface area (Å²) in [6.45, 7) is 8.83. The van der Waals surface area contributed by atoms with Crippen molar-refractivity contribution in [1.82, 2.24) is 0 Å². The van der Waals surface area contributed by atoms with Crippen LogP contribution in [0.4, 0.5) is 5.69 Å². The number of carbonyl (C=O) groups is 2. The molecule has 0 aromatic heterocycles. The number of ether oxygens (including phenoxy) is 2. The van der Waals surface area contributed by atoms with Gasteiger partial charge in [-0.3, -0.25) is 4.72 Å². The van der Waals surface area contributed by atoms with Gasteiger partial charge in [-0.05, 0) is 70.0 Å². The predicted molar refractivity (Wildman–Crippen MR) is 119 cm³/mol. The maximum Gasteiger partial charge on any atom is 0.338 e. The van der Waals surface area contributed by atoms with Crippen molar-refractivity contribution in [3.05, 3.63) is 59.2 Å². The second-order valence-electron chi connectivity index (χ2n) is 7.71. The van der Waals surface area contributed by atoms with E-state index in [4.69, 9.17) is 9.47 Å². The highest BCUT2D eigenvalue weighted by Crippen LogP contribution is 2.22. The predicted octanol–water partition coefficient (Wildman–Crippen LogP) is 4.57. The summed E-state index contributed by atoms with van der Waals surface area (Å²) in [6, 6.07) is 10.6. The van der Waals surface area contributed by atoms with Gasteiger partial charge in [0.05, 0.1) is 33.9 Å². The number of sulfonamides is 1. The van der Waals surface area contributed by atoms with Crippen LogP contribution in [0.2, 0.25) is 0 Å². The highest BCUT2D eigenvalue weighted by atomic mass is 32.2. The van der Waals surface area contributed by atoms with Crippen molar-refractivity contribution in [1.29, 1.82) is 0 Å². The molecule has 0 saturated carbocycles. The van der Waals surface area contributed by atoms with E-state index in [2.05, 4.69) is 4.72 Å². The van der Waals surface area contributed by atoms with Crippen LogP contribution in [-0.2, 0) is 25.9 Å². The Morgan fingerprint density at radius 3 is 1.77 bits per heavy atom. The van der Waals surface area contributed by atoms with E-state index >= 15 is 0 Å². The van der Waals surface area contributed by atoms with Crippen LogP contribution >= 0.6 is 0 Å². The molecule has 0 fully saturated rings. The van der Waals surface area contributed by atoms with Crippen molar-refractivity contribution >= 4 is 27.6 Å². The molecule has 2 aromatic rings. The zero-order valence-corrected chi connectivity index (χ0v) is 19.3. The summed E-state index contributed by atoms with van der Waals surface area (Å²) >= 11 is 0. The van der Waals surface area contributed by atoms with Crippen LogP contribution in [0.15, 0.2) is 47.4 Å². The maximum atomic E-state index is 12.8. The molecule has 0 aliphatic rings. The standard InChI is InChI=1S/C23H29NO6S/c1-6-7-17-8-10-21(11-9-17)31(27,28)24-20-13-18(22(25)29-15(2)3)12-19(14-20)23(26)30-16(4)5/h8-16,24H,6-7H2,1-5H3. The molecule has 1 N–H and O–H groups in total. The smallest absolute Gasteiger partial charge is 0.338 e. The minimum Gasteiger partial charge on any atom is -0.459 e. The lowest BCUT2D eigenvalue weighted by Gasteiger charge is -2.14. The maximum absolute atomic E-state index is 12.8. The van der Waals surface area contributed by atoms with Gasteiger partial charge in [0.15, 0.2) is 0 Å². The van der Waals surface area contributed by atoms with Gasteiger partial charge in [0.2, 0.25) is 0 Å². The largest absolute Gasteiger partial charge is 0.459 e. The van der Waals surface area contributed by atoms with Crippen molar-refractivity contribution in [2.24, 2.45) is 0 Å². The van der Waals surface area contributed by atoms with Gasteiger partial charge < -0.3 is 9.47 Å². The minimum atomic E-state index is -3.93. The fourth-order valence-corrected chi connectivity index (χ4v) is 3.86. The lowest BCUT2D eigenvalue weighted by atomic mass is 10.1. The Labute approximate surface area is 183 Å². The van der Waals surface area contributed by atoms with Gasteiger partial charge in [-0.25, -0.2) is 18.0 Å². The van der Waals surface area contributed by atoms with Crippen LogP contribution in [0.5, 0.6) is 0 Å². The van der Waals surface area contributed by atoms with E-state index in [1.54, 1.807) is 39.8 Å². The third-order valence-corrected chi connectivity index (χ3v) is 5.51. The molecule has 0 spiro atoms. The molecule has 0 aliphatic carbocycles. The van der Waals surface area contributed by atoms with Gasteiger partial charge in [0, 0.05) is 0 Å². The van der Waals surface area contributed by atoms with E-state index in [0.29, 0.717) is 0 Å². The van der Waals surface area contributed by atoms with Crippen molar-refractivity contribution in [2.45, 2.75) is 64.6 Å². The van der Waals surface area contributed by atoms with Crippen molar-refractivity contribution in [3.8, 4) is 0 Å². The van der Waals surface area contributed by atoms with Gasteiger partial charge in [-0.2, -0.15) is 0 Å². The molecule has 0 aliphatic heterocycles. The second kappa shape index (κ2) is 10.4. The summed E-state index contributed by atoms with van der Waals surface area (Å²) in [7, 11) is -3.93. The van der Waals surface area contributed by atoms with Crippen LogP contribution in [0.3, 0.4) is 0 Å². The SMILES string of the molecule is CCCc1ccc(S(=O)(=O)Nc2cc(C(=O)OC(C)C)cc(C(=O)OC(C)C)c2)cc1. The van der Waals surface area contributed by atoms with Gasteiger partial charge in [-0.1, -0.05) is 25.5 Å². The van der Waals surface area contributed by atoms with Crippen molar-refractivity contribution < 1.29 is 27.5 Å². The molecule has 2 rings (SSSR count). The van der Waals surface area contributed by atoms with Gasteiger partial charge in [-0.15, -0.1) is 0 Å². The van der Waals surface area contributed by atoms with Crippen LogP contribution in [-0.4, -0.2) is 32.6 Å². The van der Waals surface area contributed by atoms with E-state index in [0.717, 1.165) is 18.4 Å². The molecule has 168 valence electrons. The fourth-order valence-electron chi connectivity index (χ4n) is 2.82. The second-order valence-corrected chi connectivity index (χ2v) is 9.39. The number of carbonyl (C=O) groups excluding carboxylic acids is 2. The summed E-state index contributed by atoms with van der Waals surface area (Å²) < 4.78 is 38.5. The molecule has 0 atom stereocenters. The van der Waals surface area contributed by atoms with Gasteiger partial charge in [0.1, 0.15) is 0 Å². The fraction of sp³-hybridized carbons (Fsp3) is 0.391. The first-order valence-corrected chi connectivity index (χ1v) is 11.7. The molecule has 31 heavy (non-hydrogen) atoms. The van der Waals surface area contributed by atoms with E-state index in [1.165, 1.54) is 30.3 Å². The molecule has 2 aromatic carbocycles. The highest BCUT2D eigenvalue weighted by Gasteiger charge is 2.20. The lowest BCUT2D eigenvalue weighted by Crippen LogP contribution is -2.17. The average molecular weight is 448 g/mol. The van der Waals surface area contributed by atoms with Gasteiger partial charge in [0.25, 0.3) is 10.0 Å². The topological polar surface area (TPSA) is 98.8 Å². The summed E-state index contributed by atoms with van der Waals surface area (Å²) in [5.41, 5.74) is 1.19. The van der Waals surface area contributed by atoms with Crippen LogP contribution in [0.1, 0.15) is 67.3 Å². The molecule has 0 bridgehead atoms. The molecule has 0 heterocycles. The molecular weight excluding hydrogens is 418 g/mol. The Kier molecular flexibility index (Phi) is 8.21. The van der Waals surface area contributed by atoms with E-state index < -0.39 is 22.0 Å². The molecule has 0 unspecified atom stereocenters. The van der Waals surface area contributed by atoms with Crippen LogP contribution < -0.4 is 4.72 Å². The number of hydrogen-bond acceptors (Lipinski definition) is 6. The highest BCUT2D eigenvalue weighted by molar-refractivity contribution is 7.92. The Morgan fingerprint density at radius 1 is 0.871 bits per heavy atom. The average Bonchev–Trinajstić information content (AvgIpc) is 2.67. The summed E-state index contributed by atoms with van der Waals surface area (Å²) in [4.78, 5) is 24.9. The molecule has 7 nitrogen and oxygen atoms in total. The number of benzene rings is 2. The van der Waals surface area contributed by atoms with Crippen LogP contribution in [0.25, 0.3) is 0 Å². The molecule has 8 heteroatoms. The molecular formula is C23H29NO6S. The van der Waals surface area contributed by atoms with E-state index in [1.807, 2.05) is 6.92 Å². The normalized spacial score (nSPS) is 11.5. The summed E-state index contributed by atoms with van der Waals surface area (Å²) in [5.74, 6) is -1.34. The Bertz CT molecular complexity index is 986. The Hall–Kier alpha value is -2.87. The quantitative estimate of drug-likeness (QED) is 0.565. The third kappa shape index (κ3) is 7.10. The van der Waals surface area contributed by atoms with Crippen LogP contribution in [0, 0.1) is 0 Å². The number of nitrogens with one attached hydrogen (secondary N) is 1. The van der Waals surface area contributed by atoms with Crippen molar-refractivity contribution in [3.63, 3.8) is 0 Å². The number of aryl methyl sites for hydroxylation is 1. The summed E-state index contributed by atoms with van der Waals surface area (Å²) in [6.07, 6.45) is 1.06. The summed E-state index contributed by atoms with van der Waals surface area (Å²) in [5, 5.41) is 0. The third-order valence-electron chi connectivity index (χ3n) is 4.11. The number of rotatable bonds is 9. The zero-order chi connectivity index (χ0) is 23.2. The molecule has 0 radical (unpaired) electrons. The zero-order valence-electron chi connectivity index (χ0n) is 18.5.